The summed E-state index contributed by atoms with van der Waals surface area (Å²) in [4.78, 5) is 29.9. The minimum absolute atomic E-state index is 0.144. The highest BCUT2D eigenvalue weighted by Crippen LogP contribution is 2.46. The number of nitrogens with zero attached hydrogens (tertiary/aromatic N) is 1. The molecule has 192 valence electrons. The van der Waals surface area contributed by atoms with Crippen molar-refractivity contribution in [3.05, 3.63) is 52.5 Å². The van der Waals surface area contributed by atoms with Crippen molar-refractivity contribution in [2.75, 3.05) is 13.2 Å². The van der Waals surface area contributed by atoms with E-state index in [1.807, 2.05) is 30.3 Å². The zero-order valence-corrected chi connectivity index (χ0v) is 21.4. The van der Waals surface area contributed by atoms with Gasteiger partial charge in [0, 0.05) is 18.7 Å². The topological polar surface area (TPSA) is 102 Å². The van der Waals surface area contributed by atoms with Gasteiger partial charge in [0.1, 0.15) is 6.10 Å². The van der Waals surface area contributed by atoms with Gasteiger partial charge in [-0.1, -0.05) is 36.3 Å². The van der Waals surface area contributed by atoms with Gasteiger partial charge < -0.3 is 28.4 Å². The molecule has 5 atom stereocenters. The van der Waals surface area contributed by atoms with Gasteiger partial charge in [0.2, 0.25) is 11.2 Å². The highest BCUT2D eigenvalue weighted by molar-refractivity contribution is 7.07. The lowest BCUT2D eigenvalue weighted by molar-refractivity contribution is -0.239. The van der Waals surface area contributed by atoms with E-state index in [4.69, 9.17) is 34.8 Å². The molecule has 0 N–H and O–H groups in total. The molecule has 2 aliphatic rings. The first kappa shape index (κ1) is 26.3. The molecule has 2 aliphatic heterocycles. The van der Waals surface area contributed by atoms with E-state index in [1.165, 1.54) is 18.3 Å². The minimum Gasteiger partial charge on any atom is -0.464 e. The normalized spacial score (nSPS) is 28.0. The maximum absolute atomic E-state index is 13.5. The van der Waals surface area contributed by atoms with Crippen LogP contribution in [0.3, 0.4) is 0 Å². The van der Waals surface area contributed by atoms with Gasteiger partial charge in [-0.05, 0) is 26.3 Å². The molecular weight excluding hydrogens is 486 g/mol. The van der Waals surface area contributed by atoms with Crippen molar-refractivity contribution < 1.29 is 38.0 Å². The van der Waals surface area contributed by atoms with Gasteiger partial charge in [-0.3, -0.25) is 4.79 Å². The molecule has 1 unspecified atom stereocenters. The van der Waals surface area contributed by atoms with E-state index < -0.39 is 47.4 Å². The Hall–Kier alpha value is -2.81. The third kappa shape index (κ3) is 4.90. The Bertz CT molecular complexity index is 1110. The van der Waals surface area contributed by atoms with Crippen molar-refractivity contribution >= 4 is 23.3 Å². The summed E-state index contributed by atoms with van der Waals surface area (Å²) in [5.41, 5.74) is -0.405. The Labute approximate surface area is 214 Å². The maximum Gasteiger partial charge on any atom is 0.345 e. The lowest BCUT2D eigenvalue weighted by Crippen LogP contribution is -2.54. The maximum atomic E-state index is 13.5. The van der Waals surface area contributed by atoms with Gasteiger partial charge in [0.05, 0.1) is 24.4 Å². The highest BCUT2D eigenvalue weighted by atomic mass is 32.1. The third-order valence-corrected chi connectivity index (χ3v) is 6.61. The molecule has 0 radical (unpaired) electrons. The standard InChI is InChI=1S/C26H29NO8S/c1-6-25(33-17(3)28)20(32-22-21(25)34-24(4,5)35-22)14-31-26(23(29)30-7-2,19-15-36-16-27-19)13-18-11-9-8-10-12-18/h1,8-12,15-16,20-22H,7,13-14H2,2-5H3/t20-,21+,22-,25-,26?/m1/s1. The number of terminal acetylenes is 1. The van der Waals surface area contributed by atoms with E-state index in [1.54, 1.807) is 31.7 Å². The Kier molecular flexibility index (Phi) is 7.50. The van der Waals surface area contributed by atoms with Crippen LogP contribution >= 0.6 is 11.3 Å². The minimum atomic E-state index is -1.64. The quantitative estimate of drug-likeness (QED) is 0.368. The summed E-state index contributed by atoms with van der Waals surface area (Å²) in [5, 5.41) is 1.74. The zero-order valence-electron chi connectivity index (χ0n) is 20.6. The monoisotopic (exact) mass is 515 g/mol. The zero-order chi connectivity index (χ0) is 26.0. The van der Waals surface area contributed by atoms with E-state index in [2.05, 4.69) is 10.9 Å². The van der Waals surface area contributed by atoms with Crippen LogP contribution in [0.25, 0.3) is 0 Å². The largest absolute Gasteiger partial charge is 0.464 e. The molecule has 10 heteroatoms. The van der Waals surface area contributed by atoms with E-state index in [9.17, 15) is 9.59 Å². The Morgan fingerprint density at radius 2 is 2.00 bits per heavy atom. The molecular formula is C26H29NO8S. The number of benzene rings is 1. The summed E-state index contributed by atoms with van der Waals surface area (Å²) >= 11 is 1.32. The van der Waals surface area contributed by atoms with E-state index in [0.29, 0.717) is 5.69 Å². The predicted molar refractivity (Wildman–Crippen MR) is 129 cm³/mol. The summed E-state index contributed by atoms with van der Waals surface area (Å²) in [5.74, 6) is 0.345. The number of fused-ring (bicyclic) bond motifs is 1. The number of hydrogen-bond donors (Lipinski definition) is 0. The van der Waals surface area contributed by atoms with Crippen LogP contribution in [0.15, 0.2) is 41.2 Å². The lowest BCUT2D eigenvalue weighted by Gasteiger charge is -2.36. The van der Waals surface area contributed by atoms with Crippen LogP contribution in [0.2, 0.25) is 0 Å². The fourth-order valence-corrected chi connectivity index (χ4v) is 5.12. The smallest absolute Gasteiger partial charge is 0.345 e. The van der Waals surface area contributed by atoms with Gasteiger partial charge in [-0.15, -0.1) is 17.8 Å². The fraction of sp³-hybridized carbons (Fsp3) is 0.500. The summed E-state index contributed by atoms with van der Waals surface area (Å²) in [7, 11) is 0. The van der Waals surface area contributed by atoms with E-state index in [-0.39, 0.29) is 19.6 Å². The molecule has 1 aromatic heterocycles. The van der Waals surface area contributed by atoms with Gasteiger partial charge in [0.15, 0.2) is 18.2 Å². The van der Waals surface area contributed by atoms with Crippen LogP contribution in [0.4, 0.5) is 0 Å². The van der Waals surface area contributed by atoms with Crippen LogP contribution < -0.4 is 0 Å². The van der Waals surface area contributed by atoms with Crippen LogP contribution in [-0.4, -0.2) is 60.0 Å². The fourth-order valence-electron chi connectivity index (χ4n) is 4.51. The molecule has 3 heterocycles. The molecule has 36 heavy (non-hydrogen) atoms. The summed E-state index contributed by atoms with van der Waals surface area (Å²) in [6, 6.07) is 9.39. The Morgan fingerprint density at radius 1 is 1.25 bits per heavy atom. The SMILES string of the molecule is C#C[C@@]1(OC(C)=O)[C@@H](COC(Cc2ccccc2)(C(=O)OCC)c2cscn2)O[C@@H]2OC(C)(C)O[C@@H]21. The number of aromatic nitrogens is 1. The molecule has 2 fully saturated rings. The van der Waals surface area contributed by atoms with Gasteiger partial charge in [-0.25, -0.2) is 9.78 Å². The number of carbonyl (C=O) groups is 2. The molecule has 2 aromatic rings. The van der Waals surface area contributed by atoms with Crippen LogP contribution in [0.1, 0.15) is 39.0 Å². The first-order valence-electron chi connectivity index (χ1n) is 11.6. The van der Waals surface area contributed by atoms with E-state index in [0.717, 1.165) is 5.56 Å². The number of carbonyl (C=O) groups excluding carboxylic acids is 2. The predicted octanol–water partition coefficient (Wildman–Crippen LogP) is 2.97. The first-order chi connectivity index (χ1) is 17.2. The number of rotatable bonds is 9. The van der Waals surface area contributed by atoms with Crippen molar-refractivity contribution in [2.45, 2.75) is 69.6 Å². The summed E-state index contributed by atoms with van der Waals surface area (Å²) < 4.78 is 35.3. The van der Waals surface area contributed by atoms with Crippen molar-refractivity contribution in [2.24, 2.45) is 0 Å². The molecule has 0 amide bonds. The number of ether oxygens (including phenoxy) is 6. The third-order valence-electron chi connectivity index (χ3n) is 6.02. The van der Waals surface area contributed by atoms with Crippen molar-refractivity contribution in [3.8, 4) is 12.3 Å². The number of thiazole rings is 1. The molecule has 9 nitrogen and oxygen atoms in total. The number of esters is 2. The van der Waals surface area contributed by atoms with Gasteiger partial charge in [0.25, 0.3) is 0 Å². The van der Waals surface area contributed by atoms with Crippen molar-refractivity contribution in [1.29, 1.82) is 0 Å². The molecule has 0 bridgehead atoms. The molecule has 2 saturated heterocycles. The van der Waals surface area contributed by atoms with Crippen LogP contribution in [-0.2, 0) is 50.0 Å². The Balaban J connectivity index is 1.70. The molecule has 0 aliphatic carbocycles. The van der Waals surface area contributed by atoms with E-state index >= 15 is 0 Å². The second-order valence-corrected chi connectivity index (χ2v) is 9.69. The molecule has 0 spiro atoms. The second-order valence-electron chi connectivity index (χ2n) is 8.97. The second kappa shape index (κ2) is 10.3. The number of hydrogen-bond acceptors (Lipinski definition) is 10. The summed E-state index contributed by atoms with van der Waals surface area (Å²) in [6.45, 7) is 6.30. The van der Waals surface area contributed by atoms with Crippen molar-refractivity contribution in [3.63, 3.8) is 0 Å². The molecule has 4 rings (SSSR count). The average Bonchev–Trinajstić information content (AvgIpc) is 3.53. The Morgan fingerprint density at radius 3 is 2.61 bits per heavy atom. The van der Waals surface area contributed by atoms with Gasteiger partial charge >= 0.3 is 11.9 Å². The van der Waals surface area contributed by atoms with Crippen LogP contribution in [0, 0.1) is 12.3 Å². The molecule has 0 saturated carbocycles. The van der Waals surface area contributed by atoms with Gasteiger partial charge in [-0.2, -0.15) is 0 Å². The first-order valence-corrected chi connectivity index (χ1v) is 12.5. The average molecular weight is 516 g/mol. The van der Waals surface area contributed by atoms with Crippen molar-refractivity contribution in [1.82, 2.24) is 4.98 Å². The molecule has 1 aromatic carbocycles. The lowest BCUT2D eigenvalue weighted by atomic mass is 9.90. The summed E-state index contributed by atoms with van der Waals surface area (Å²) in [6.07, 6.45) is 3.28. The highest BCUT2D eigenvalue weighted by Gasteiger charge is 2.66. The van der Waals surface area contributed by atoms with Crippen LogP contribution in [0.5, 0.6) is 0 Å².